The fourth-order valence-electron chi connectivity index (χ4n) is 2.15. The van der Waals surface area contributed by atoms with Crippen LogP contribution in [0.15, 0.2) is 30.3 Å². The normalized spacial score (nSPS) is 28.7. The van der Waals surface area contributed by atoms with E-state index in [0.717, 1.165) is 19.3 Å². The van der Waals surface area contributed by atoms with E-state index in [9.17, 15) is 5.11 Å². The van der Waals surface area contributed by atoms with Crippen molar-refractivity contribution in [2.24, 2.45) is 0 Å². The summed E-state index contributed by atoms with van der Waals surface area (Å²) in [6.45, 7) is 2.88. The van der Waals surface area contributed by atoms with Gasteiger partial charge in [-0.05, 0) is 19.3 Å². The summed E-state index contributed by atoms with van der Waals surface area (Å²) < 4.78 is 5.60. The number of rotatable bonds is 2. The predicted molar refractivity (Wildman–Crippen MR) is 63.8 cm³/mol. The van der Waals surface area contributed by atoms with Gasteiger partial charge in [0, 0.05) is 6.61 Å². The van der Waals surface area contributed by atoms with Crippen molar-refractivity contribution in [3.63, 3.8) is 0 Å². The van der Waals surface area contributed by atoms with E-state index in [0.29, 0.717) is 6.61 Å². The summed E-state index contributed by atoms with van der Waals surface area (Å²) in [6.07, 6.45) is 2.97. The van der Waals surface area contributed by atoms with Crippen LogP contribution in [0, 0.1) is 0 Å². The molecule has 2 nitrogen and oxygen atoms in total. The first kappa shape index (κ1) is 10.9. The van der Waals surface area contributed by atoms with Crippen molar-refractivity contribution in [3.05, 3.63) is 30.3 Å². The third kappa shape index (κ3) is 2.30. The summed E-state index contributed by atoms with van der Waals surface area (Å²) in [4.78, 5) is 0. The molecule has 1 fully saturated rings. The minimum absolute atomic E-state index is 0.709. The molecule has 1 saturated heterocycles. The first-order valence-electron chi connectivity index (χ1n) is 5.64. The molecule has 0 radical (unpaired) electrons. The zero-order valence-corrected chi connectivity index (χ0v) is 10.3. The molecular formula is C12H18O2Si. The second-order valence-corrected chi connectivity index (χ2v) is 7.29. The first-order chi connectivity index (χ1) is 7.22. The van der Waals surface area contributed by atoms with E-state index in [1.807, 2.05) is 18.2 Å². The van der Waals surface area contributed by atoms with Gasteiger partial charge >= 0.3 is 0 Å². The lowest BCUT2D eigenvalue weighted by Crippen LogP contribution is -2.54. The van der Waals surface area contributed by atoms with E-state index in [1.54, 1.807) is 0 Å². The molecule has 0 spiro atoms. The number of hydrogen-bond donors (Lipinski definition) is 1. The van der Waals surface area contributed by atoms with Crippen molar-refractivity contribution < 1.29 is 9.84 Å². The molecule has 0 saturated carbocycles. The molecule has 1 aliphatic rings. The van der Waals surface area contributed by atoms with Crippen LogP contribution in [0.5, 0.6) is 0 Å². The number of benzene rings is 1. The second kappa shape index (κ2) is 4.47. The van der Waals surface area contributed by atoms with Crippen molar-refractivity contribution in [1.29, 1.82) is 0 Å². The van der Waals surface area contributed by atoms with Crippen molar-refractivity contribution in [2.45, 2.75) is 31.2 Å². The highest BCUT2D eigenvalue weighted by Crippen LogP contribution is 2.24. The number of ether oxygens (including phenoxy) is 1. The highest BCUT2D eigenvalue weighted by atomic mass is 28.3. The molecule has 1 heterocycles. The lowest BCUT2D eigenvalue weighted by molar-refractivity contribution is -0.166. The van der Waals surface area contributed by atoms with Gasteiger partial charge in [0.05, 0.1) is 0 Å². The van der Waals surface area contributed by atoms with Crippen LogP contribution in [0.3, 0.4) is 0 Å². The molecule has 3 heteroatoms. The quantitative estimate of drug-likeness (QED) is 0.761. The molecule has 2 unspecified atom stereocenters. The molecule has 1 aromatic rings. The smallest absolute Gasteiger partial charge is 0.149 e. The largest absolute Gasteiger partial charge is 0.369 e. The van der Waals surface area contributed by atoms with E-state index in [-0.39, 0.29) is 0 Å². The van der Waals surface area contributed by atoms with Crippen LogP contribution < -0.4 is 5.19 Å². The van der Waals surface area contributed by atoms with E-state index in [2.05, 4.69) is 18.7 Å². The highest BCUT2D eigenvalue weighted by Gasteiger charge is 2.38. The zero-order chi connectivity index (χ0) is 10.7. The van der Waals surface area contributed by atoms with E-state index in [4.69, 9.17) is 4.74 Å². The van der Waals surface area contributed by atoms with Gasteiger partial charge in [0.15, 0.2) is 0 Å². The number of aliphatic hydroxyl groups is 1. The van der Waals surface area contributed by atoms with Crippen LogP contribution in [0.25, 0.3) is 0 Å². The first-order valence-corrected chi connectivity index (χ1v) is 7.94. The summed E-state index contributed by atoms with van der Waals surface area (Å²) in [5, 5.41) is 11.7. The van der Waals surface area contributed by atoms with Gasteiger partial charge in [-0.1, -0.05) is 42.1 Å². The topological polar surface area (TPSA) is 29.5 Å². The summed E-state index contributed by atoms with van der Waals surface area (Å²) in [7, 11) is -1.42. The van der Waals surface area contributed by atoms with E-state index in [1.165, 1.54) is 5.19 Å². The standard InChI is InChI=1S/C12H18O2Si/c1-15(11-7-3-2-4-8-11)12(13)9-5-6-10-14-12/h2-4,7-8,13,15H,5-6,9-10H2,1H3. The van der Waals surface area contributed by atoms with Gasteiger partial charge < -0.3 is 9.84 Å². The third-order valence-electron chi connectivity index (χ3n) is 3.26. The monoisotopic (exact) mass is 222 g/mol. The molecular weight excluding hydrogens is 204 g/mol. The van der Waals surface area contributed by atoms with Crippen LogP contribution >= 0.6 is 0 Å². The van der Waals surface area contributed by atoms with Gasteiger partial charge in [-0.2, -0.15) is 0 Å². The zero-order valence-electron chi connectivity index (χ0n) is 9.15. The van der Waals surface area contributed by atoms with E-state index < -0.39 is 14.2 Å². The predicted octanol–water partition coefficient (Wildman–Crippen LogP) is 1.18. The van der Waals surface area contributed by atoms with Crippen molar-refractivity contribution >= 4 is 14.0 Å². The summed E-state index contributed by atoms with van der Waals surface area (Å²) >= 11 is 0. The maximum Gasteiger partial charge on any atom is 0.149 e. The Morgan fingerprint density at radius 2 is 2.00 bits per heavy atom. The Bertz CT molecular complexity index is 307. The molecule has 0 aliphatic carbocycles. The molecule has 0 bridgehead atoms. The lowest BCUT2D eigenvalue weighted by atomic mass is 10.2. The Morgan fingerprint density at radius 3 is 2.60 bits per heavy atom. The van der Waals surface area contributed by atoms with Gasteiger partial charge in [-0.15, -0.1) is 0 Å². The Labute approximate surface area is 92.5 Å². The molecule has 2 rings (SSSR count). The number of hydrogen-bond acceptors (Lipinski definition) is 2. The van der Waals surface area contributed by atoms with Crippen LogP contribution in [0.1, 0.15) is 19.3 Å². The van der Waals surface area contributed by atoms with Gasteiger partial charge in [-0.25, -0.2) is 0 Å². The average Bonchev–Trinajstić information content (AvgIpc) is 2.30. The molecule has 1 aromatic carbocycles. The van der Waals surface area contributed by atoms with Gasteiger partial charge in [0.1, 0.15) is 14.2 Å². The second-order valence-electron chi connectivity index (χ2n) is 4.28. The van der Waals surface area contributed by atoms with Gasteiger partial charge in [0.2, 0.25) is 0 Å². The van der Waals surface area contributed by atoms with Crippen LogP contribution in [-0.4, -0.2) is 25.9 Å². The average molecular weight is 222 g/mol. The molecule has 15 heavy (non-hydrogen) atoms. The van der Waals surface area contributed by atoms with Crippen LogP contribution in [-0.2, 0) is 4.74 Å². The molecule has 82 valence electrons. The summed E-state index contributed by atoms with van der Waals surface area (Å²) in [5.41, 5.74) is -0.820. The molecule has 0 amide bonds. The van der Waals surface area contributed by atoms with Crippen LogP contribution in [0.4, 0.5) is 0 Å². The summed E-state index contributed by atoms with van der Waals surface area (Å²) in [6, 6.07) is 10.3. The van der Waals surface area contributed by atoms with Gasteiger partial charge in [-0.3, -0.25) is 0 Å². The molecule has 1 aliphatic heterocycles. The van der Waals surface area contributed by atoms with Crippen molar-refractivity contribution in [3.8, 4) is 0 Å². The third-order valence-corrected chi connectivity index (χ3v) is 6.45. The highest BCUT2D eigenvalue weighted by molar-refractivity contribution is 6.74. The lowest BCUT2D eigenvalue weighted by Gasteiger charge is -2.36. The van der Waals surface area contributed by atoms with Crippen LogP contribution in [0.2, 0.25) is 6.55 Å². The Morgan fingerprint density at radius 1 is 1.27 bits per heavy atom. The fraction of sp³-hybridized carbons (Fsp3) is 0.500. The minimum Gasteiger partial charge on any atom is -0.369 e. The maximum absolute atomic E-state index is 10.4. The fourth-order valence-corrected chi connectivity index (χ4v) is 4.47. The van der Waals surface area contributed by atoms with E-state index >= 15 is 0 Å². The van der Waals surface area contributed by atoms with Crippen molar-refractivity contribution in [2.75, 3.05) is 6.61 Å². The SMILES string of the molecule is C[SiH](c1ccccc1)C1(O)CCCCO1. The minimum atomic E-state index is -1.42. The molecule has 0 aromatic heterocycles. The maximum atomic E-state index is 10.4. The van der Waals surface area contributed by atoms with Crippen molar-refractivity contribution in [1.82, 2.24) is 0 Å². The summed E-state index contributed by atoms with van der Waals surface area (Å²) in [5.74, 6) is 0. The molecule has 2 atom stereocenters. The Balaban J connectivity index is 2.16. The Kier molecular flexibility index (Phi) is 3.24. The molecule has 1 N–H and O–H groups in total. The Hall–Kier alpha value is -0.643. The van der Waals surface area contributed by atoms with Gasteiger partial charge in [0.25, 0.3) is 0 Å².